The number of anilines is 2. The number of nitrogens with zero attached hydrogens (tertiary/aromatic N) is 6. The fourth-order valence-electron chi connectivity index (χ4n) is 5.95. The number of hydrogen-bond donors (Lipinski definition) is 1. The van der Waals surface area contributed by atoms with Crippen LogP contribution >= 0.6 is 0 Å². The minimum absolute atomic E-state index is 0.242. The van der Waals surface area contributed by atoms with Crippen LogP contribution in [-0.2, 0) is 17.8 Å². The molecule has 9 nitrogen and oxygen atoms in total. The van der Waals surface area contributed by atoms with Gasteiger partial charge in [-0.1, -0.05) is 24.3 Å². The van der Waals surface area contributed by atoms with E-state index in [9.17, 15) is 14.3 Å². The number of halogens is 1. The smallest absolute Gasteiger partial charge is 0.318 e. The average Bonchev–Trinajstić information content (AvgIpc) is 3.39. The van der Waals surface area contributed by atoms with Crippen molar-refractivity contribution in [3.05, 3.63) is 59.9 Å². The lowest BCUT2D eigenvalue weighted by Gasteiger charge is -2.38. The first-order valence-corrected chi connectivity index (χ1v) is 14.0. The Morgan fingerprint density at radius 3 is 2.70 bits per heavy atom. The molecule has 0 radical (unpaired) electrons. The van der Waals surface area contributed by atoms with Crippen molar-refractivity contribution < 1.29 is 19.0 Å². The number of alkyl halides is 1. The highest BCUT2D eigenvalue weighted by Gasteiger charge is 2.28. The standard InChI is InChI=1S/C30H35FN6O3/c31-23-6-9-35(20-23)15-17-40-30-32-27-21-37(28-19-24(39)18-22-4-1-2-5-25(22)28)10-7-26(27)29(33-30)36-13-11-34(12-14-36)8-3-16-38/h1-5,8,16,18-19,23,39H,6-7,9-15,17,20-21H2/t23-/m0/s1. The number of aldehydes is 1. The summed E-state index contributed by atoms with van der Waals surface area (Å²) < 4.78 is 19.7. The highest BCUT2D eigenvalue weighted by molar-refractivity contribution is 5.95. The van der Waals surface area contributed by atoms with Gasteiger partial charge in [-0.05, 0) is 30.4 Å². The fourth-order valence-corrected chi connectivity index (χ4v) is 5.95. The zero-order chi connectivity index (χ0) is 27.5. The molecule has 0 amide bonds. The van der Waals surface area contributed by atoms with Crippen molar-refractivity contribution in [2.24, 2.45) is 0 Å². The number of benzene rings is 2. The normalized spacial score (nSPS) is 19.9. The number of aromatic nitrogens is 2. The van der Waals surface area contributed by atoms with Crippen molar-refractivity contribution in [1.82, 2.24) is 19.8 Å². The number of carbonyl (C=O) groups is 1. The van der Waals surface area contributed by atoms with Gasteiger partial charge in [-0.15, -0.1) is 0 Å². The number of hydrogen-bond acceptors (Lipinski definition) is 9. The molecule has 2 fully saturated rings. The predicted molar refractivity (Wildman–Crippen MR) is 153 cm³/mol. The zero-order valence-corrected chi connectivity index (χ0v) is 22.6. The highest BCUT2D eigenvalue weighted by atomic mass is 19.1. The Kier molecular flexibility index (Phi) is 7.68. The summed E-state index contributed by atoms with van der Waals surface area (Å²) in [6.07, 6.45) is 4.75. The molecular formula is C30H35FN6O3. The first-order valence-electron chi connectivity index (χ1n) is 14.0. The van der Waals surface area contributed by atoms with Gasteiger partial charge in [0.25, 0.3) is 0 Å². The van der Waals surface area contributed by atoms with Gasteiger partial charge in [-0.2, -0.15) is 9.97 Å². The number of phenols is 1. The van der Waals surface area contributed by atoms with Crippen LogP contribution in [0.4, 0.5) is 15.9 Å². The molecule has 0 unspecified atom stereocenters. The third kappa shape index (κ3) is 5.67. The van der Waals surface area contributed by atoms with Crippen LogP contribution in [-0.4, -0.2) is 96.3 Å². The first kappa shape index (κ1) is 26.3. The van der Waals surface area contributed by atoms with Gasteiger partial charge in [0.1, 0.15) is 30.6 Å². The fraction of sp³-hybridized carbons (Fsp3) is 0.433. The Hall–Kier alpha value is -3.92. The molecule has 2 aromatic carbocycles. The topological polar surface area (TPSA) is 85.3 Å². The van der Waals surface area contributed by atoms with Gasteiger partial charge in [0.15, 0.2) is 0 Å². The van der Waals surface area contributed by atoms with Crippen LogP contribution in [0.5, 0.6) is 11.8 Å². The Balaban J connectivity index is 1.26. The van der Waals surface area contributed by atoms with E-state index in [0.29, 0.717) is 38.7 Å². The second-order valence-corrected chi connectivity index (χ2v) is 10.6. The molecule has 40 heavy (non-hydrogen) atoms. The molecule has 1 N–H and O–H groups in total. The Labute approximate surface area is 233 Å². The maximum atomic E-state index is 13.6. The van der Waals surface area contributed by atoms with Crippen LogP contribution in [0.2, 0.25) is 0 Å². The average molecular weight is 547 g/mol. The summed E-state index contributed by atoms with van der Waals surface area (Å²) in [4.78, 5) is 29.3. The van der Waals surface area contributed by atoms with Crippen molar-refractivity contribution >= 4 is 28.6 Å². The molecule has 4 heterocycles. The third-order valence-electron chi connectivity index (χ3n) is 8.03. The number of rotatable bonds is 8. The van der Waals surface area contributed by atoms with Gasteiger partial charge in [0.05, 0.1) is 12.2 Å². The number of ether oxygens (including phenoxy) is 1. The minimum Gasteiger partial charge on any atom is -0.508 e. The van der Waals surface area contributed by atoms with Crippen LogP contribution in [0.3, 0.4) is 0 Å². The predicted octanol–water partition coefficient (Wildman–Crippen LogP) is 3.16. The maximum Gasteiger partial charge on any atom is 0.318 e. The van der Waals surface area contributed by atoms with Gasteiger partial charge in [0.2, 0.25) is 0 Å². The van der Waals surface area contributed by atoms with Gasteiger partial charge in [0, 0.05) is 81.3 Å². The summed E-state index contributed by atoms with van der Waals surface area (Å²) in [5, 5.41) is 12.5. The van der Waals surface area contributed by atoms with E-state index >= 15 is 0 Å². The molecule has 210 valence electrons. The van der Waals surface area contributed by atoms with Crippen LogP contribution < -0.4 is 14.5 Å². The van der Waals surface area contributed by atoms with Crippen molar-refractivity contribution in [1.29, 1.82) is 0 Å². The highest BCUT2D eigenvalue weighted by Crippen LogP contribution is 2.36. The molecule has 3 aliphatic heterocycles. The lowest BCUT2D eigenvalue weighted by atomic mass is 10.0. The van der Waals surface area contributed by atoms with Crippen LogP contribution in [0.15, 0.2) is 48.7 Å². The third-order valence-corrected chi connectivity index (χ3v) is 8.03. The summed E-state index contributed by atoms with van der Waals surface area (Å²) in [7, 11) is 0. The first-order chi connectivity index (χ1) is 19.6. The van der Waals surface area contributed by atoms with E-state index in [1.807, 2.05) is 30.5 Å². The number of likely N-dealkylation sites (tertiary alicyclic amines) is 1. The summed E-state index contributed by atoms with van der Waals surface area (Å²) in [6, 6.07) is 12.0. The number of piperazine rings is 1. The lowest BCUT2D eigenvalue weighted by molar-refractivity contribution is -0.104. The van der Waals surface area contributed by atoms with Gasteiger partial charge < -0.3 is 24.5 Å². The Morgan fingerprint density at radius 2 is 1.90 bits per heavy atom. The van der Waals surface area contributed by atoms with Crippen molar-refractivity contribution in [2.45, 2.75) is 25.6 Å². The molecule has 0 saturated carbocycles. The molecule has 3 aliphatic rings. The van der Waals surface area contributed by atoms with Crippen LogP contribution in [0, 0.1) is 0 Å². The van der Waals surface area contributed by atoms with E-state index < -0.39 is 6.17 Å². The van der Waals surface area contributed by atoms with Crippen molar-refractivity contribution in [2.75, 3.05) is 68.8 Å². The molecule has 1 aromatic heterocycles. The molecule has 0 aliphatic carbocycles. The Bertz CT molecular complexity index is 1390. The molecule has 10 heteroatoms. The summed E-state index contributed by atoms with van der Waals surface area (Å²) in [5.41, 5.74) is 3.03. The van der Waals surface area contributed by atoms with E-state index in [0.717, 1.165) is 85.5 Å². The lowest BCUT2D eigenvalue weighted by Crippen LogP contribution is -2.45. The van der Waals surface area contributed by atoms with Crippen molar-refractivity contribution in [3.8, 4) is 11.8 Å². The van der Waals surface area contributed by atoms with E-state index in [2.05, 4.69) is 25.7 Å². The zero-order valence-electron chi connectivity index (χ0n) is 22.6. The summed E-state index contributed by atoms with van der Waals surface area (Å²) in [5.74, 6) is 1.15. The van der Waals surface area contributed by atoms with E-state index in [1.54, 1.807) is 6.07 Å². The molecular weight excluding hydrogens is 511 g/mol. The van der Waals surface area contributed by atoms with Gasteiger partial charge >= 0.3 is 6.01 Å². The molecule has 0 spiro atoms. The molecule has 2 saturated heterocycles. The largest absolute Gasteiger partial charge is 0.508 e. The second-order valence-electron chi connectivity index (χ2n) is 10.6. The molecule has 0 bridgehead atoms. The summed E-state index contributed by atoms with van der Waals surface area (Å²) in [6.45, 7) is 6.73. The van der Waals surface area contributed by atoms with E-state index in [4.69, 9.17) is 14.7 Å². The van der Waals surface area contributed by atoms with Gasteiger partial charge in [-0.25, -0.2) is 4.39 Å². The number of allylic oxidation sites excluding steroid dienone is 1. The van der Waals surface area contributed by atoms with Gasteiger partial charge in [-0.3, -0.25) is 9.69 Å². The quantitative estimate of drug-likeness (QED) is 0.338. The second kappa shape index (κ2) is 11.7. The number of carbonyl (C=O) groups excluding carboxylic acids is 1. The molecule has 6 rings (SSSR count). The molecule has 1 atom stereocenters. The Morgan fingerprint density at radius 1 is 1.05 bits per heavy atom. The maximum absolute atomic E-state index is 13.6. The van der Waals surface area contributed by atoms with Crippen molar-refractivity contribution in [3.63, 3.8) is 0 Å². The number of fused-ring (bicyclic) bond motifs is 2. The number of phenolic OH excluding ortho intramolecular Hbond substituents is 1. The van der Waals surface area contributed by atoms with Crippen LogP contribution in [0.1, 0.15) is 17.7 Å². The summed E-state index contributed by atoms with van der Waals surface area (Å²) >= 11 is 0. The van der Waals surface area contributed by atoms with Crippen LogP contribution in [0.25, 0.3) is 10.8 Å². The SMILES string of the molecule is O=CC=CN1CCN(c2nc(OCCN3CC[C@H](F)C3)nc3c2CCN(c2cc(O)cc4ccccc24)C3)CC1. The molecule has 3 aromatic rings. The van der Waals surface area contributed by atoms with E-state index in [1.165, 1.54) is 6.08 Å². The number of aromatic hydroxyl groups is 1. The van der Waals surface area contributed by atoms with E-state index in [-0.39, 0.29) is 5.75 Å². The monoisotopic (exact) mass is 546 g/mol. The minimum atomic E-state index is -0.758.